The zero-order valence-electron chi connectivity index (χ0n) is 11.5. The quantitative estimate of drug-likeness (QED) is 0.755. The van der Waals surface area contributed by atoms with Crippen LogP contribution >= 0.6 is 11.6 Å². The lowest BCUT2D eigenvalue weighted by Gasteiger charge is -2.07. The first-order valence-electron chi connectivity index (χ1n) is 6.59. The lowest BCUT2D eigenvalue weighted by molar-refractivity contribution is 0.0945. The second kappa shape index (κ2) is 5.58. The van der Waals surface area contributed by atoms with Gasteiger partial charge in [-0.15, -0.1) is 0 Å². The van der Waals surface area contributed by atoms with Crippen LogP contribution < -0.4 is 5.32 Å². The molecule has 0 aliphatic heterocycles. The highest BCUT2D eigenvalue weighted by Gasteiger charge is 2.11. The van der Waals surface area contributed by atoms with E-state index in [2.05, 4.69) is 10.3 Å². The zero-order valence-corrected chi connectivity index (χ0v) is 12.3. The molecule has 0 radical (unpaired) electrons. The van der Waals surface area contributed by atoms with Crippen LogP contribution in [0.2, 0.25) is 5.15 Å². The maximum atomic E-state index is 12.2. The van der Waals surface area contributed by atoms with Gasteiger partial charge in [-0.25, -0.2) is 4.98 Å². The summed E-state index contributed by atoms with van der Waals surface area (Å²) in [4.78, 5) is 16.4. The minimum atomic E-state index is -0.233. The minimum absolute atomic E-state index is 0.233. The number of hydrogen-bond acceptors (Lipinski definition) is 2. The molecule has 0 aliphatic carbocycles. The summed E-state index contributed by atoms with van der Waals surface area (Å²) in [6.45, 7) is 0.453. The third kappa shape index (κ3) is 2.76. The van der Waals surface area contributed by atoms with Crippen LogP contribution in [0.1, 0.15) is 16.2 Å². The van der Waals surface area contributed by atoms with Crippen LogP contribution in [0.5, 0.6) is 0 Å². The third-order valence-electron chi connectivity index (χ3n) is 3.41. The monoisotopic (exact) mass is 299 g/mol. The average Bonchev–Trinajstić information content (AvgIpc) is 2.90. The van der Waals surface area contributed by atoms with E-state index >= 15 is 0 Å². The van der Waals surface area contributed by atoms with Gasteiger partial charge in [0.15, 0.2) is 0 Å². The van der Waals surface area contributed by atoms with E-state index in [0.717, 1.165) is 16.5 Å². The number of aryl methyl sites for hydroxylation is 1. The Hall–Kier alpha value is -2.33. The molecule has 1 amide bonds. The average molecular weight is 300 g/mol. The van der Waals surface area contributed by atoms with Crippen molar-refractivity contribution in [2.45, 2.75) is 6.54 Å². The van der Waals surface area contributed by atoms with E-state index in [4.69, 9.17) is 11.6 Å². The molecule has 2 heterocycles. The molecule has 0 saturated heterocycles. The van der Waals surface area contributed by atoms with Gasteiger partial charge in [0.2, 0.25) is 0 Å². The molecule has 21 heavy (non-hydrogen) atoms. The van der Waals surface area contributed by atoms with E-state index in [-0.39, 0.29) is 5.91 Å². The summed E-state index contributed by atoms with van der Waals surface area (Å²) in [5, 5.41) is 4.95. The molecule has 0 atom stereocenters. The van der Waals surface area contributed by atoms with Gasteiger partial charge in [-0.05, 0) is 23.6 Å². The van der Waals surface area contributed by atoms with Crippen LogP contribution in [-0.2, 0) is 13.6 Å². The summed E-state index contributed by atoms with van der Waals surface area (Å²) >= 11 is 6.14. The van der Waals surface area contributed by atoms with Crippen molar-refractivity contribution in [3.05, 3.63) is 65.2 Å². The number of benzene rings is 1. The van der Waals surface area contributed by atoms with Crippen molar-refractivity contribution in [1.29, 1.82) is 0 Å². The topological polar surface area (TPSA) is 46.9 Å². The van der Waals surface area contributed by atoms with E-state index in [1.54, 1.807) is 6.07 Å². The first-order valence-corrected chi connectivity index (χ1v) is 6.96. The fraction of sp³-hybridized carbons (Fsp3) is 0.125. The van der Waals surface area contributed by atoms with Crippen molar-refractivity contribution < 1.29 is 4.79 Å². The summed E-state index contributed by atoms with van der Waals surface area (Å²) in [7, 11) is 1.94. The van der Waals surface area contributed by atoms with Crippen LogP contribution in [0.25, 0.3) is 10.8 Å². The van der Waals surface area contributed by atoms with Gasteiger partial charge in [-0.3, -0.25) is 4.79 Å². The maximum absolute atomic E-state index is 12.2. The molecule has 1 aromatic carbocycles. The van der Waals surface area contributed by atoms with Crippen LogP contribution in [0.15, 0.2) is 48.7 Å². The van der Waals surface area contributed by atoms with Gasteiger partial charge in [-0.2, -0.15) is 0 Å². The van der Waals surface area contributed by atoms with Crippen molar-refractivity contribution in [3.63, 3.8) is 0 Å². The van der Waals surface area contributed by atoms with Gasteiger partial charge in [0.1, 0.15) is 10.8 Å². The molecule has 1 N–H and O–H groups in total. The second-order valence-corrected chi connectivity index (χ2v) is 5.17. The maximum Gasteiger partial charge on any atom is 0.270 e. The number of hydrogen-bond donors (Lipinski definition) is 1. The summed E-state index contributed by atoms with van der Waals surface area (Å²) in [6.07, 6.45) is 1.94. The number of amides is 1. The Kier molecular flexibility index (Phi) is 3.62. The number of nitrogens with one attached hydrogen (secondary N) is 1. The first kappa shape index (κ1) is 13.6. The van der Waals surface area contributed by atoms with Crippen LogP contribution in [0.3, 0.4) is 0 Å². The van der Waals surface area contributed by atoms with Gasteiger partial charge < -0.3 is 9.88 Å². The van der Waals surface area contributed by atoms with Crippen molar-refractivity contribution in [2.75, 3.05) is 0 Å². The van der Waals surface area contributed by atoms with Crippen molar-refractivity contribution in [1.82, 2.24) is 14.9 Å². The fourth-order valence-electron chi connectivity index (χ4n) is 2.21. The Labute approximate surface area is 127 Å². The van der Waals surface area contributed by atoms with Crippen LogP contribution in [0, 0.1) is 0 Å². The number of carbonyl (C=O) groups excluding carboxylic acids is 1. The molecular formula is C16H14ClN3O. The van der Waals surface area contributed by atoms with Gasteiger partial charge in [0.05, 0.1) is 6.54 Å². The van der Waals surface area contributed by atoms with Gasteiger partial charge in [0.25, 0.3) is 5.91 Å². The molecule has 2 aromatic heterocycles. The third-order valence-corrected chi connectivity index (χ3v) is 3.70. The molecular weight excluding hydrogens is 286 g/mol. The Morgan fingerprint density at radius 3 is 2.86 bits per heavy atom. The molecule has 106 valence electrons. The van der Waals surface area contributed by atoms with Crippen molar-refractivity contribution in [3.8, 4) is 0 Å². The first-order chi connectivity index (χ1) is 10.1. The number of fused-ring (bicyclic) bond motifs is 1. The highest BCUT2D eigenvalue weighted by molar-refractivity contribution is 6.34. The summed E-state index contributed by atoms with van der Waals surface area (Å²) in [6, 6.07) is 13.2. The van der Waals surface area contributed by atoms with E-state index in [9.17, 15) is 4.79 Å². The van der Waals surface area contributed by atoms with E-state index < -0.39 is 0 Å². The Morgan fingerprint density at radius 2 is 2.10 bits per heavy atom. The molecule has 0 bridgehead atoms. The number of pyridine rings is 1. The van der Waals surface area contributed by atoms with Crippen molar-refractivity contribution >= 4 is 28.3 Å². The van der Waals surface area contributed by atoms with E-state index in [0.29, 0.717) is 17.4 Å². The highest BCUT2D eigenvalue weighted by atomic mass is 35.5. The molecule has 0 saturated carbocycles. The largest absolute Gasteiger partial charge is 0.353 e. The normalized spacial score (nSPS) is 10.8. The molecule has 4 nitrogen and oxygen atoms in total. The molecule has 0 spiro atoms. The Balaban J connectivity index is 1.83. The summed E-state index contributed by atoms with van der Waals surface area (Å²) in [5.41, 5.74) is 1.35. The highest BCUT2D eigenvalue weighted by Crippen LogP contribution is 2.22. The van der Waals surface area contributed by atoms with Crippen LogP contribution in [0.4, 0.5) is 0 Å². The number of nitrogens with zero attached hydrogens (tertiary/aromatic N) is 2. The Morgan fingerprint density at radius 1 is 1.29 bits per heavy atom. The fourth-order valence-corrected chi connectivity index (χ4v) is 2.48. The molecule has 3 rings (SSSR count). The number of halogens is 1. The molecule has 3 aromatic rings. The smallest absolute Gasteiger partial charge is 0.270 e. The van der Waals surface area contributed by atoms with E-state index in [1.807, 2.05) is 54.2 Å². The van der Waals surface area contributed by atoms with Gasteiger partial charge >= 0.3 is 0 Å². The minimum Gasteiger partial charge on any atom is -0.353 e. The molecule has 0 fully saturated rings. The number of rotatable bonds is 3. The molecule has 5 heteroatoms. The predicted octanol–water partition coefficient (Wildman–Crippen LogP) is 3.16. The lowest BCUT2D eigenvalue weighted by atomic mass is 10.1. The molecule has 0 aliphatic rings. The van der Waals surface area contributed by atoms with Gasteiger partial charge in [-0.1, -0.05) is 35.9 Å². The SMILES string of the molecule is Cn1cccc1CNC(=O)c1cc2ccccc2c(Cl)n1. The zero-order chi connectivity index (χ0) is 14.8. The number of carbonyl (C=O) groups is 1. The summed E-state index contributed by atoms with van der Waals surface area (Å²) in [5.74, 6) is -0.233. The van der Waals surface area contributed by atoms with Crippen LogP contribution in [-0.4, -0.2) is 15.5 Å². The predicted molar refractivity (Wildman–Crippen MR) is 83.3 cm³/mol. The molecule has 0 unspecified atom stereocenters. The summed E-state index contributed by atoms with van der Waals surface area (Å²) < 4.78 is 1.96. The number of aromatic nitrogens is 2. The second-order valence-electron chi connectivity index (χ2n) is 4.81. The lowest BCUT2D eigenvalue weighted by Crippen LogP contribution is -2.24. The van der Waals surface area contributed by atoms with Gasteiger partial charge in [0, 0.05) is 24.3 Å². The van der Waals surface area contributed by atoms with E-state index in [1.165, 1.54) is 0 Å². The standard InChI is InChI=1S/C16H14ClN3O/c1-20-8-4-6-12(20)10-18-16(21)14-9-11-5-2-3-7-13(11)15(17)19-14/h2-9H,10H2,1H3,(H,18,21). The van der Waals surface area contributed by atoms with Crippen molar-refractivity contribution in [2.24, 2.45) is 7.05 Å². The Bertz CT molecular complexity index is 810.